The molecule has 2 aromatic carbocycles. The molecule has 31 heavy (non-hydrogen) atoms. The third-order valence-electron chi connectivity index (χ3n) is 5.88. The average molecular weight is 423 g/mol. The van der Waals surface area contributed by atoms with E-state index in [2.05, 4.69) is 33.3 Å². The van der Waals surface area contributed by atoms with E-state index in [0.29, 0.717) is 18.3 Å². The van der Waals surface area contributed by atoms with Crippen LogP contribution < -0.4 is 5.32 Å². The number of piperidine rings is 1. The molecule has 0 aliphatic carbocycles. The lowest BCUT2D eigenvalue weighted by molar-refractivity contribution is -0.121. The van der Waals surface area contributed by atoms with Gasteiger partial charge in [0.05, 0.1) is 6.54 Å². The number of benzene rings is 2. The van der Waals surface area contributed by atoms with Crippen molar-refractivity contribution in [2.24, 2.45) is 5.92 Å². The van der Waals surface area contributed by atoms with Gasteiger partial charge in [-0.3, -0.25) is 9.69 Å². The van der Waals surface area contributed by atoms with Crippen molar-refractivity contribution in [3.8, 4) is 11.4 Å². The Balaban J connectivity index is 1.31. The zero-order valence-corrected chi connectivity index (χ0v) is 17.9. The molecule has 4 rings (SSSR count). The van der Waals surface area contributed by atoms with E-state index in [-0.39, 0.29) is 17.6 Å². The van der Waals surface area contributed by atoms with Gasteiger partial charge in [-0.15, -0.1) is 0 Å². The van der Waals surface area contributed by atoms with Crippen molar-refractivity contribution in [3.63, 3.8) is 0 Å². The monoisotopic (exact) mass is 422 g/mol. The number of carbonyl (C=O) groups is 1. The number of carbonyl (C=O) groups excluding carboxylic acids is 1. The average Bonchev–Trinajstić information content (AvgIpc) is 3.24. The van der Waals surface area contributed by atoms with Gasteiger partial charge in [0, 0.05) is 17.2 Å². The lowest BCUT2D eigenvalue weighted by Gasteiger charge is -2.30. The fraction of sp³-hybridized carbons (Fsp3) is 0.375. The van der Waals surface area contributed by atoms with Crippen molar-refractivity contribution < 1.29 is 13.7 Å². The summed E-state index contributed by atoms with van der Waals surface area (Å²) >= 11 is 0. The van der Waals surface area contributed by atoms with E-state index in [9.17, 15) is 9.18 Å². The summed E-state index contributed by atoms with van der Waals surface area (Å²) in [5.41, 5.74) is 3.93. The molecule has 0 radical (unpaired) electrons. The number of amides is 1. The van der Waals surface area contributed by atoms with Gasteiger partial charge in [-0.1, -0.05) is 30.3 Å². The van der Waals surface area contributed by atoms with E-state index >= 15 is 0 Å². The van der Waals surface area contributed by atoms with Crippen molar-refractivity contribution in [2.75, 3.05) is 18.4 Å². The van der Waals surface area contributed by atoms with Crippen LogP contribution >= 0.6 is 0 Å². The molecule has 0 saturated carbocycles. The largest absolute Gasteiger partial charge is 0.338 e. The third kappa shape index (κ3) is 4.99. The Kier molecular flexibility index (Phi) is 6.42. The number of likely N-dealkylation sites (tertiary alicyclic amines) is 1. The van der Waals surface area contributed by atoms with E-state index in [1.807, 2.05) is 19.1 Å². The van der Waals surface area contributed by atoms with Crippen LogP contribution in [0.3, 0.4) is 0 Å². The van der Waals surface area contributed by atoms with Crippen LogP contribution in [0.2, 0.25) is 0 Å². The second-order valence-electron chi connectivity index (χ2n) is 8.02. The Labute approximate surface area is 181 Å². The van der Waals surface area contributed by atoms with Crippen LogP contribution in [0.4, 0.5) is 10.1 Å². The van der Waals surface area contributed by atoms with Crippen LogP contribution in [0.15, 0.2) is 47.0 Å². The Morgan fingerprint density at radius 1 is 1.19 bits per heavy atom. The van der Waals surface area contributed by atoms with Gasteiger partial charge >= 0.3 is 0 Å². The smallest absolute Gasteiger partial charge is 0.241 e. The van der Waals surface area contributed by atoms with Gasteiger partial charge in [0.1, 0.15) is 5.82 Å². The van der Waals surface area contributed by atoms with Crippen LogP contribution in [0.25, 0.3) is 11.4 Å². The molecule has 1 amide bonds. The second kappa shape index (κ2) is 9.39. The summed E-state index contributed by atoms with van der Waals surface area (Å²) in [5, 5.41) is 7.16. The maximum atomic E-state index is 13.1. The minimum Gasteiger partial charge on any atom is -0.338 e. The lowest BCUT2D eigenvalue weighted by atomic mass is 9.95. The first kappa shape index (κ1) is 21.2. The highest BCUT2D eigenvalue weighted by Crippen LogP contribution is 2.25. The highest BCUT2D eigenvalue weighted by atomic mass is 19.1. The van der Waals surface area contributed by atoms with Gasteiger partial charge in [-0.05, 0) is 74.7 Å². The van der Waals surface area contributed by atoms with E-state index in [1.54, 1.807) is 12.1 Å². The van der Waals surface area contributed by atoms with Crippen LogP contribution in [-0.2, 0) is 17.8 Å². The minimum absolute atomic E-state index is 0.00183. The van der Waals surface area contributed by atoms with E-state index < -0.39 is 0 Å². The maximum absolute atomic E-state index is 13.1. The van der Waals surface area contributed by atoms with Crippen molar-refractivity contribution in [1.82, 2.24) is 15.0 Å². The number of anilines is 1. The first-order chi connectivity index (χ1) is 15.0. The van der Waals surface area contributed by atoms with E-state index in [0.717, 1.165) is 49.2 Å². The van der Waals surface area contributed by atoms with Crippen molar-refractivity contribution in [1.29, 1.82) is 0 Å². The Morgan fingerprint density at radius 2 is 1.94 bits per heavy atom. The fourth-order valence-electron chi connectivity index (χ4n) is 4.01. The fourth-order valence-corrected chi connectivity index (χ4v) is 4.01. The molecule has 0 atom stereocenters. The molecule has 2 heterocycles. The van der Waals surface area contributed by atoms with Crippen molar-refractivity contribution >= 4 is 11.6 Å². The number of aryl methyl sites for hydroxylation is 2. The molecule has 6 nitrogen and oxygen atoms in total. The Morgan fingerprint density at radius 3 is 2.65 bits per heavy atom. The normalized spacial score (nSPS) is 15.2. The number of nitrogens with zero attached hydrogens (tertiary/aromatic N) is 3. The molecule has 1 aromatic heterocycles. The van der Waals surface area contributed by atoms with Gasteiger partial charge in [-0.2, -0.15) is 4.98 Å². The third-order valence-corrected chi connectivity index (χ3v) is 5.88. The van der Waals surface area contributed by atoms with Gasteiger partial charge < -0.3 is 9.84 Å². The summed E-state index contributed by atoms with van der Waals surface area (Å²) < 4.78 is 18.5. The number of hydrogen-bond donors (Lipinski definition) is 1. The molecule has 1 aliphatic rings. The molecule has 1 fully saturated rings. The number of hydrogen-bond acceptors (Lipinski definition) is 5. The number of para-hydroxylation sites is 1. The van der Waals surface area contributed by atoms with Gasteiger partial charge in [0.25, 0.3) is 0 Å². The molecule has 0 spiro atoms. The molecule has 0 unspecified atom stereocenters. The zero-order valence-electron chi connectivity index (χ0n) is 17.9. The molecular formula is C24H27FN4O2. The van der Waals surface area contributed by atoms with Gasteiger partial charge in [0.15, 0.2) is 0 Å². The summed E-state index contributed by atoms with van der Waals surface area (Å²) in [5.74, 6) is 0.773. The Bertz CT molecular complexity index is 1040. The van der Waals surface area contributed by atoms with E-state index in [4.69, 9.17) is 4.52 Å². The van der Waals surface area contributed by atoms with Crippen molar-refractivity contribution in [2.45, 2.75) is 39.7 Å². The van der Waals surface area contributed by atoms with Crippen LogP contribution in [0, 0.1) is 18.7 Å². The summed E-state index contributed by atoms with van der Waals surface area (Å²) in [7, 11) is 0. The van der Waals surface area contributed by atoms with Gasteiger partial charge in [0.2, 0.25) is 17.6 Å². The van der Waals surface area contributed by atoms with Crippen molar-refractivity contribution in [3.05, 3.63) is 65.3 Å². The summed E-state index contributed by atoms with van der Waals surface area (Å²) in [6.45, 7) is 6.26. The molecule has 162 valence electrons. The highest BCUT2D eigenvalue weighted by Gasteiger charge is 2.26. The maximum Gasteiger partial charge on any atom is 0.241 e. The second-order valence-corrected chi connectivity index (χ2v) is 8.02. The number of nitrogens with one attached hydrogen (secondary N) is 1. The number of halogens is 1. The topological polar surface area (TPSA) is 71.3 Å². The molecule has 7 heteroatoms. The highest BCUT2D eigenvalue weighted by molar-refractivity contribution is 5.94. The first-order valence-corrected chi connectivity index (χ1v) is 10.7. The molecule has 1 N–H and O–H groups in total. The molecular weight excluding hydrogens is 395 g/mol. The molecule has 3 aromatic rings. The predicted molar refractivity (Wildman–Crippen MR) is 117 cm³/mol. The summed E-state index contributed by atoms with van der Waals surface area (Å²) in [6, 6.07) is 12.1. The molecule has 1 saturated heterocycles. The minimum atomic E-state index is -0.298. The number of rotatable bonds is 6. The number of aromatic nitrogens is 2. The first-order valence-electron chi connectivity index (χ1n) is 10.7. The SMILES string of the molecule is CCc1cccc(C)c1NC(=O)C1CCN(Cc2nc(-c3ccc(F)cc3)no2)CC1. The lowest BCUT2D eigenvalue weighted by Crippen LogP contribution is -2.38. The summed E-state index contributed by atoms with van der Waals surface area (Å²) in [4.78, 5) is 19.5. The van der Waals surface area contributed by atoms with Crippen LogP contribution in [0.1, 0.15) is 36.8 Å². The van der Waals surface area contributed by atoms with Gasteiger partial charge in [-0.25, -0.2) is 4.39 Å². The van der Waals surface area contributed by atoms with Crippen LogP contribution in [-0.4, -0.2) is 34.0 Å². The molecule has 0 bridgehead atoms. The Hall–Kier alpha value is -3.06. The summed E-state index contributed by atoms with van der Waals surface area (Å²) in [6.07, 6.45) is 2.47. The van der Waals surface area contributed by atoms with Crippen LogP contribution in [0.5, 0.6) is 0 Å². The quantitative estimate of drug-likeness (QED) is 0.629. The van der Waals surface area contributed by atoms with E-state index in [1.165, 1.54) is 17.7 Å². The molecule has 1 aliphatic heterocycles. The predicted octanol–water partition coefficient (Wildman–Crippen LogP) is 4.60. The standard InChI is InChI=1S/C24H27FN4O2/c1-3-17-6-4-5-16(2)22(17)27-24(30)19-11-13-29(14-12-19)15-21-26-23(28-31-21)18-7-9-20(25)10-8-18/h4-10,19H,3,11-15H2,1-2H3,(H,27,30). The zero-order chi connectivity index (χ0) is 21.8.